The van der Waals surface area contributed by atoms with Gasteiger partial charge < -0.3 is 25.2 Å². The molecule has 0 radical (unpaired) electrons. The molecule has 0 saturated heterocycles. The molecule has 0 spiro atoms. The Morgan fingerprint density at radius 1 is 0.552 bits per heavy atom. The average Bonchev–Trinajstić information content (AvgIpc) is 3.20. The third-order valence-electron chi connectivity index (χ3n) is 9.56. The molecule has 3 atom stereocenters. The van der Waals surface area contributed by atoms with E-state index in [2.05, 4.69) is 67.0 Å². The minimum absolute atomic E-state index is 0.140. The third-order valence-corrected chi connectivity index (χ3v) is 10.5. The number of ether oxygens (including phenoxy) is 2. The van der Waals surface area contributed by atoms with E-state index >= 15 is 0 Å². The Bertz CT molecular complexity index is 1170. The van der Waals surface area contributed by atoms with Gasteiger partial charge in [0.1, 0.15) is 12.6 Å². The third kappa shape index (κ3) is 40.2. The van der Waals surface area contributed by atoms with Crippen LogP contribution in [0.5, 0.6) is 0 Å². The minimum Gasteiger partial charge on any atom is -0.480 e. The molecule has 336 valence electrons. The number of carboxylic acid groups (broad SMARTS) is 1. The first kappa shape index (κ1) is 55.4. The van der Waals surface area contributed by atoms with Crippen molar-refractivity contribution in [3.05, 3.63) is 48.6 Å². The Hall–Kier alpha value is -2.56. The molecule has 11 nitrogen and oxygen atoms in total. The number of unbranched alkanes of at least 4 members (excludes halogenated alkanes) is 20. The molecule has 0 aliphatic heterocycles. The van der Waals surface area contributed by atoms with Crippen molar-refractivity contribution in [3.8, 4) is 0 Å². The van der Waals surface area contributed by atoms with E-state index in [1.165, 1.54) is 77.0 Å². The van der Waals surface area contributed by atoms with Gasteiger partial charge in [0.15, 0.2) is 6.10 Å². The summed E-state index contributed by atoms with van der Waals surface area (Å²) in [5, 5.41) is 8.89. The second kappa shape index (κ2) is 41.2. The molecule has 1 unspecified atom stereocenters. The van der Waals surface area contributed by atoms with Crippen LogP contribution in [0.2, 0.25) is 0 Å². The van der Waals surface area contributed by atoms with Crippen molar-refractivity contribution in [3.63, 3.8) is 0 Å². The molecular formula is C46H82NO10P. The van der Waals surface area contributed by atoms with Crippen LogP contribution < -0.4 is 5.73 Å². The lowest BCUT2D eigenvalue weighted by Crippen LogP contribution is -2.34. The van der Waals surface area contributed by atoms with E-state index in [9.17, 15) is 23.8 Å². The number of hydrogen-bond donors (Lipinski definition) is 3. The van der Waals surface area contributed by atoms with Crippen LogP contribution in [-0.4, -0.2) is 59.9 Å². The average molecular weight is 840 g/mol. The monoisotopic (exact) mass is 840 g/mol. The quantitative estimate of drug-likeness (QED) is 0.0231. The summed E-state index contributed by atoms with van der Waals surface area (Å²) in [6, 6.07) is -1.53. The first-order valence-corrected chi connectivity index (χ1v) is 24.2. The van der Waals surface area contributed by atoms with Gasteiger partial charge in [-0.1, -0.05) is 159 Å². The van der Waals surface area contributed by atoms with Gasteiger partial charge in [-0.25, -0.2) is 4.57 Å². The molecule has 0 heterocycles. The summed E-state index contributed by atoms with van der Waals surface area (Å²) >= 11 is 0. The van der Waals surface area contributed by atoms with Gasteiger partial charge in [0.25, 0.3) is 0 Å². The van der Waals surface area contributed by atoms with Gasteiger partial charge >= 0.3 is 25.7 Å². The zero-order chi connectivity index (χ0) is 42.8. The number of nitrogens with two attached hydrogens (primary N) is 1. The van der Waals surface area contributed by atoms with E-state index in [1.807, 2.05) is 0 Å². The highest BCUT2D eigenvalue weighted by molar-refractivity contribution is 7.47. The summed E-state index contributed by atoms with van der Waals surface area (Å²) in [5.74, 6) is -2.41. The Kier molecular flexibility index (Phi) is 39.4. The minimum atomic E-state index is -4.72. The lowest BCUT2D eigenvalue weighted by atomic mass is 10.1. The number of carbonyl (C=O) groups is 3. The molecule has 0 amide bonds. The van der Waals surface area contributed by atoms with Crippen molar-refractivity contribution >= 4 is 25.7 Å². The summed E-state index contributed by atoms with van der Waals surface area (Å²) in [7, 11) is -4.72. The number of carbonyl (C=O) groups excluding carboxylic acids is 2. The smallest absolute Gasteiger partial charge is 0.472 e. The summed E-state index contributed by atoms with van der Waals surface area (Å²) < 4.78 is 32.7. The van der Waals surface area contributed by atoms with Crippen LogP contribution in [0.4, 0.5) is 0 Å². The molecule has 0 aliphatic rings. The topological polar surface area (TPSA) is 172 Å². The van der Waals surface area contributed by atoms with Gasteiger partial charge in [-0.15, -0.1) is 0 Å². The second-order valence-corrected chi connectivity index (χ2v) is 16.6. The summed E-state index contributed by atoms with van der Waals surface area (Å²) in [6.07, 6.45) is 46.0. The fraction of sp³-hybridized carbons (Fsp3) is 0.761. The van der Waals surface area contributed by atoms with Crippen LogP contribution in [0.1, 0.15) is 194 Å². The maximum absolute atomic E-state index is 12.6. The highest BCUT2D eigenvalue weighted by Gasteiger charge is 2.28. The van der Waals surface area contributed by atoms with Gasteiger partial charge in [0.2, 0.25) is 0 Å². The number of aliphatic carboxylic acids is 1. The largest absolute Gasteiger partial charge is 0.480 e. The van der Waals surface area contributed by atoms with Crippen LogP contribution in [0.3, 0.4) is 0 Å². The Morgan fingerprint density at radius 3 is 1.47 bits per heavy atom. The molecule has 0 rings (SSSR count). The van der Waals surface area contributed by atoms with E-state index in [1.54, 1.807) is 0 Å². The van der Waals surface area contributed by atoms with E-state index in [0.29, 0.717) is 12.8 Å². The molecule has 0 aromatic heterocycles. The summed E-state index contributed by atoms with van der Waals surface area (Å²) in [6.45, 7) is 2.67. The maximum atomic E-state index is 12.6. The van der Waals surface area contributed by atoms with Gasteiger partial charge in [-0.05, 0) is 70.6 Å². The van der Waals surface area contributed by atoms with Gasteiger partial charge in [0, 0.05) is 12.8 Å². The summed E-state index contributed by atoms with van der Waals surface area (Å²) in [4.78, 5) is 46.0. The predicted molar refractivity (Wildman–Crippen MR) is 235 cm³/mol. The van der Waals surface area contributed by atoms with Crippen LogP contribution in [0.25, 0.3) is 0 Å². The van der Waals surface area contributed by atoms with Crippen molar-refractivity contribution in [2.24, 2.45) is 5.73 Å². The van der Waals surface area contributed by atoms with Crippen molar-refractivity contribution < 1.29 is 47.5 Å². The molecule has 0 fully saturated rings. The van der Waals surface area contributed by atoms with Crippen molar-refractivity contribution in [1.29, 1.82) is 0 Å². The molecule has 0 saturated carbocycles. The second-order valence-electron chi connectivity index (χ2n) is 15.1. The Morgan fingerprint density at radius 2 is 0.966 bits per heavy atom. The van der Waals surface area contributed by atoms with Gasteiger partial charge in [0.05, 0.1) is 13.2 Å². The van der Waals surface area contributed by atoms with E-state index in [4.69, 9.17) is 24.8 Å². The maximum Gasteiger partial charge on any atom is 0.472 e. The molecule has 0 bridgehead atoms. The zero-order valence-corrected chi connectivity index (χ0v) is 37.3. The molecular weight excluding hydrogens is 757 g/mol. The van der Waals surface area contributed by atoms with Gasteiger partial charge in [-0.3, -0.25) is 23.4 Å². The normalized spacial score (nSPS) is 14.1. The fourth-order valence-corrected chi connectivity index (χ4v) is 6.79. The standard InChI is InChI=1S/C46H82NO10P/c1-3-5-7-9-11-13-15-17-19-20-21-22-24-25-27-29-31-33-35-37-44(48)54-39-42(40-55-58(52,53)56-41-43(47)46(50)51)57-45(49)38-36-34-32-30-28-26-23-18-16-14-12-10-8-6-4-2/h6,8,12,14,18,20-21,23,42-43H,3-5,7,9-11,13,15-17,19,22,24-41,47H2,1-2H3,(H,50,51)(H,52,53)/b8-6-,14-12-,21-20-,23-18-/t42-,43+/m1/s1. The van der Waals surface area contributed by atoms with Gasteiger partial charge in [-0.2, -0.15) is 0 Å². The molecule has 0 aliphatic carbocycles. The van der Waals surface area contributed by atoms with Crippen LogP contribution >= 0.6 is 7.82 Å². The number of phosphoric ester groups is 1. The number of hydrogen-bond acceptors (Lipinski definition) is 9. The fourth-order valence-electron chi connectivity index (χ4n) is 6.02. The summed E-state index contributed by atoms with van der Waals surface area (Å²) in [5.41, 5.74) is 5.33. The number of allylic oxidation sites excluding steroid dienone is 8. The van der Waals surface area contributed by atoms with Crippen LogP contribution in [-0.2, 0) is 37.5 Å². The van der Waals surface area contributed by atoms with E-state index < -0.39 is 51.1 Å². The van der Waals surface area contributed by atoms with Crippen LogP contribution in [0, 0.1) is 0 Å². The highest BCUT2D eigenvalue weighted by atomic mass is 31.2. The van der Waals surface area contributed by atoms with Crippen molar-refractivity contribution in [2.45, 2.75) is 206 Å². The van der Waals surface area contributed by atoms with E-state index in [0.717, 1.165) is 77.0 Å². The lowest BCUT2D eigenvalue weighted by Gasteiger charge is -2.20. The first-order valence-electron chi connectivity index (χ1n) is 22.7. The van der Waals surface area contributed by atoms with Crippen molar-refractivity contribution in [2.75, 3.05) is 19.8 Å². The first-order chi connectivity index (χ1) is 28.1. The predicted octanol–water partition coefficient (Wildman–Crippen LogP) is 12.2. The number of phosphoric acid groups is 1. The molecule has 12 heteroatoms. The zero-order valence-electron chi connectivity index (χ0n) is 36.4. The van der Waals surface area contributed by atoms with E-state index in [-0.39, 0.29) is 19.4 Å². The molecule has 0 aromatic rings. The lowest BCUT2D eigenvalue weighted by molar-refractivity contribution is -0.161. The molecule has 0 aromatic carbocycles. The molecule has 58 heavy (non-hydrogen) atoms. The Labute approximate surface area is 352 Å². The number of carboxylic acids is 1. The SMILES string of the molecule is CC/C=C\C/C=C\C/C=C\CCCCCCCC(=O)O[C@H](COC(=O)CCCCCCCCC/C=C\CCCCCCCCCC)COP(=O)(O)OC[C@H](N)C(=O)O. The van der Waals surface area contributed by atoms with Crippen LogP contribution in [0.15, 0.2) is 48.6 Å². The van der Waals surface area contributed by atoms with Crippen molar-refractivity contribution in [1.82, 2.24) is 0 Å². The number of esters is 2. The number of rotatable bonds is 42. The Balaban J connectivity index is 4.34. The highest BCUT2D eigenvalue weighted by Crippen LogP contribution is 2.43. The molecule has 4 N–H and O–H groups in total.